The van der Waals surface area contributed by atoms with Gasteiger partial charge in [0.05, 0.1) is 12.5 Å². The van der Waals surface area contributed by atoms with Crippen LogP contribution < -0.4 is 11.1 Å². The first kappa shape index (κ1) is 16.5. The van der Waals surface area contributed by atoms with Gasteiger partial charge in [-0.15, -0.1) is 0 Å². The maximum Gasteiger partial charge on any atom is 0.245 e. The molecule has 1 aliphatic heterocycles. The molecule has 0 aromatic heterocycles. The van der Waals surface area contributed by atoms with E-state index in [1.54, 1.807) is 4.90 Å². The second-order valence-corrected chi connectivity index (χ2v) is 5.45. The largest absolute Gasteiger partial charge is 0.380 e. The first-order valence-electron chi connectivity index (χ1n) is 7.49. The Morgan fingerprint density at radius 3 is 2.82 bits per heavy atom. The summed E-state index contributed by atoms with van der Waals surface area (Å²) >= 11 is 0. The Hall–Kier alpha value is -1.92. The van der Waals surface area contributed by atoms with Crippen LogP contribution in [0.4, 0.5) is 0 Å². The molecule has 120 valence electrons. The van der Waals surface area contributed by atoms with E-state index in [2.05, 4.69) is 5.32 Å². The second kappa shape index (κ2) is 7.91. The molecule has 0 saturated carbocycles. The summed E-state index contributed by atoms with van der Waals surface area (Å²) in [6.07, 6.45) is 0.504. The molecule has 6 heteroatoms. The van der Waals surface area contributed by atoms with Crippen molar-refractivity contribution in [1.82, 2.24) is 10.2 Å². The van der Waals surface area contributed by atoms with Crippen molar-refractivity contribution >= 4 is 11.8 Å². The predicted molar refractivity (Wildman–Crippen MR) is 82.9 cm³/mol. The van der Waals surface area contributed by atoms with E-state index >= 15 is 0 Å². The molecular formula is C16H23N3O3. The van der Waals surface area contributed by atoms with Crippen LogP contribution in [-0.2, 0) is 20.9 Å². The van der Waals surface area contributed by atoms with Crippen molar-refractivity contribution in [3.8, 4) is 0 Å². The number of likely N-dealkylation sites (tertiary alicyclic amines) is 1. The molecule has 22 heavy (non-hydrogen) atoms. The smallest absolute Gasteiger partial charge is 0.245 e. The van der Waals surface area contributed by atoms with E-state index in [4.69, 9.17) is 10.5 Å². The number of rotatable bonds is 7. The van der Waals surface area contributed by atoms with Crippen LogP contribution in [0, 0.1) is 0 Å². The number of methoxy groups -OCH3 is 1. The third kappa shape index (κ3) is 4.29. The van der Waals surface area contributed by atoms with Gasteiger partial charge in [-0.1, -0.05) is 30.3 Å². The number of nitrogens with one attached hydrogen (secondary N) is 1. The summed E-state index contributed by atoms with van der Waals surface area (Å²) in [7, 11) is 1.52. The summed E-state index contributed by atoms with van der Waals surface area (Å²) in [4.78, 5) is 26.0. The number of amides is 2. The Morgan fingerprint density at radius 1 is 1.45 bits per heavy atom. The quantitative estimate of drug-likeness (QED) is 0.757. The molecule has 2 atom stereocenters. The zero-order chi connectivity index (χ0) is 15.9. The van der Waals surface area contributed by atoms with Crippen molar-refractivity contribution in [2.45, 2.75) is 31.5 Å². The van der Waals surface area contributed by atoms with Gasteiger partial charge in [0.25, 0.3) is 0 Å². The van der Waals surface area contributed by atoms with Crippen molar-refractivity contribution in [3.63, 3.8) is 0 Å². The topological polar surface area (TPSA) is 84.7 Å². The number of hydrogen-bond acceptors (Lipinski definition) is 4. The number of benzene rings is 1. The molecule has 3 N–H and O–H groups in total. The molecule has 1 heterocycles. The third-order valence-electron chi connectivity index (χ3n) is 3.86. The van der Waals surface area contributed by atoms with Crippen LogP contribution in [0.5, 0.6) is 0 Å². The molecular weight excluding hydrogens is 282 g/mol. The normalized spacial score (nSPS) is 19.3. The zero-order valence-corrected chi connectivity index (χ0v) is 12.8. The van der Waals surface area contributed by atoms with E-state index in [-0.39, 0.29) is 30.9 Å². The number of ether oxygens (including phenoxy) is 1. The Morgan fingerprint density at radius 2 is 2.18 bits per heavy atom. The van der Waals surface area contributed by atoms with E-state index in [9.17, 15) is 9.59 Å². The lowest BCUT2D eigenvalue weighted by Crippen LogP contribution is -2.43. The first-order valence-corrected chi connectivity index (χ1v) is 7.49. The summed E-state index contributed by atoms with van der Waals surface area (Å²) < 4.78 is 5.08. The molecule has 0 aliphatic carbocycles. The summed E-state index contributed by atoms with van der Waals surface area (Å²) in [5.74, 6) is -0.226. The predicted octanol–water partition coefficient (Wildman–Crippen LogP) is 0.268. The van der Waals surface area contributed by atoms with Crippen LogP contribution in [0.2, 0.25) is 0 Å². The maximum absolute atomic E-state index is 12.3. The van der Waals surface area contributed by atoms with Crippen molar-refractivity contribution in [2.75, 3.05) is 20.2 Å². The number of nitrogens with zero attached hydrogens (tertiary/aromatic N) is 1. The molecule has 1 aromatic rings. The van der Waals surface area contributed by atoms with E-state index < -0.39 is 6.04 Å². The highest BCUT2D eigenvalue weighted by Crippen LogP contribution is 2.15. The van der Waals surface area contributed by atoms with Crippen molar-refractivity contribution in [1.29, 1.82) is 0 Å². The lowest BCUT2D eigenvalue weighted by atomic mass is 10.2. The highest BCUT2D eigenvalue weighted by Gasteiger charge is 2.32. The summed E-state index contributed by atoms with van der Waals surface area (Å²) in [6.45, 7) is 1.52. The van der Waals surface area contributed by atoms with Crippen LogP contribution in [0.15, 0.2) is 30.3 Å². The van der Waals surface area contributed by atoms with E-state index in [0.717, 1.165) is 5.56 Å². The number of hydrogen-bond donors (Lipinski definition) is 2. The molecule has 1 aromatic carbocycles. The number of carbonyl (C=O) groups excluding carboxylic acids is 2. The number of nitrogens with two attached hydrogens (primary N) is 1. The molecule has 0 bridgehead atoms. The fourth-order valence-corrected chi connectivity index (χ4v) is 2.56. The van der Waals surface area contributed by atoms with Crippen molar-refractivity contribution < 1.29 is 14.3 Å². The molecule has 1 fully saturated rings. The van der Waals surface area contributed by atoms with Crippen LogP contribution >= 0.6 is 0 Å². The average molecular weight is 305 g/mol. The highest BCUT2D eigenvalue weighted by molar-refractivity contribution is 5.89. The minimum atomic E-state index is -0.438. The van der Waals surface area contributed by atoms with Gasteiger partial charge in [0.2, 0.25) is 11.8 Å². The fraction of sp³-hybridized carbons (Fsp3) is 0.500. The second-order valence-electron chi connectivity index (χ2n) is 5.45. The van der Waals surface area contributed by atoms with E-state index in [0.29, 0.717) is 19.5 Å². The summed E-state index contributed by atoms with van der Waals surface area (Å²) in [5, 5.41) is 2.78. The van der Waals surface area contributed by atoms with Gasteiger partial charge in [-0.05, 0) is 12.0 Å². The molecule has 1 saturated heterocycles. The van der Waals surface area contributed by atoms with Crippen molar-refractivity contribution in [3.05, 3.63) is 35.9 Å². The fourth-order valence-electron chi connectivity index (χ4n) is 2.56. The van der Waals surface area contributed by atoms with E-state index in [1.165, 1.54) is 7.11 Å². The van der Waals surface area contributed by atoms with Gasteiger partial charge in [0.1, 0.15) is 6.04 Å². The molecule has 2 rings (SSSR count). The maximum atomic E-state index is 12.3. The Kier molecular flexibility index (Phi) is 5.91. The zero-order valence-electron chi connectivity index (χ0n) is 12.8. The lowest BCUT2D eigenvalue weighted by Gasteiger charge is -2.18. The molecule has 0 radical (unpaired) electrons. The molecule has 1 aliphatic rings. The highest BCUT2D eigenvalue weighted by atomic mass is 16.5. The van der Waals surface area contributed by atoms with Gasteiger partial charge in [-0.25, -0.2) is 0 Å². The van der Waals surface area contributed by atoms with Gasteiger partial charge in [-0.2, -0.15) is 0 Å². The van der Waals surface area contributed by atoms with Crippen LogP contribution in [0.3, 0.4) is 0 Å². The van der Waals surface area contributed by atoms with E-state index in [1.807, 2.05) is 30.3 Å². The average Bonchev–Trinajstić information content (AvgIpc) is 2.87. The monoisotopic (exact) mass is 305 g/mol. The lowest BCUT2D eigenvalue weighted by molar-refractivity contribution is -0.133. The summed E-state index contributed by atoms with van der Waals surface area (Å²) in [6, 6.07) is 9.39. The Labute approximate surface area is 130 Å². The molecule has 2 amide bonds. The molecule has 2 unspecified atom stereocenters. The van der Waals surface area contributed by atoms with Gasteiger partial charge >= 0.3 is 0 Å². The van der Waals surface area contributed by atoms with Gasteiger partial charge in [-0.3, -0.25) is 9.59 Å². The van der Waals surface area contributed by atoms with Crippen LogP contribution in [0.25, 0.3) is 0 Å². The van der Waals surface area contributed by atoms with Crippen LogP contribution in [0.1, 0.15) is 18.4 Å². The molecule has 0 spiro atoms. The third-order valence-corrected chi connectivity index (χ3v) is 3.86. The minimum absolute atomic E-state index is 0.0288. The van der Waals surface area contributed by atoms with Crippen molar-refractivity contribution in [2.24, 2.45) is 5.73 Å². The van der Waals surface area contributed by atoms with Crippen LogP contribution in [-0.4, -0.2) is 49.1 Å². The first-order chi connectivity index (χ1) is 10.6. The standard InChI is InChI=1S/C16H23N3O3/c1-22-13(10-17)9-15(20)18-14-7-8-19(16(14)21)11-12-5-3-2-4-6-12/h2-6,13-14H,7-11,17H2,1H3,(H,18,20). The number of carbonyl (C=O) groups is 2. The molecule has 6 nitrogen and oxygen atoms in total. The Balaban J connectivity index is 1.85. The SMILES string of the molecule is COC(CN)CC(=O)NC1CCN(Cc2ccccc2)C1=O. The minimum Gasteiger partial charge on any atom is -0.380 e. The summed E-state index contributed by atoms with van der Waals surface area (Å²) in [5.41, 5.74) is 6.58. The van der Waals surface area contributed by atoms with Gasteiger partial charge in [0, 0.05) is 26.7 Å². The van der Waals surface area contributed by atoms with Gasteiger partial charge in [0.15, 0.2) is 0 Å². The Bertz CT molecular complexity index is 503. The van der Waals surface area contributed by atoms with Gasteiger partial charge < -0.3 is 20.7 Å².